The van der Waals surface area contributed by atoms with Gasteiger partial charge in [-0.25, -0.2) is 0 Å². The number of aromatic nitrogens is 3. The van der Waals surface area contributed by atoms with Crippen LogP contribution in [0.5, 0.6) is 5.75 Å². The largest absolute Gasteiger partial charge is 0.496 e. The van der Waals surface area contributed by atoms with Crippen LogP contribution >= 0.6 is 12.2 Å². The third-order valence-corrected chi connectivity index (χ3v) is 6.88. The second kappa shape index (κ2) is 6.05. The highest BCUT2D eigenvalue weighted by molar-refractivity contribution is 7.71. The average Bonchev–Trinajstić information content (AvgIpc) is 3.00. The lowest BCUT2D eigenvalue weighted by Crippen LogP contribution is -2.49. The predicted molar refractivity (Wildman–Crippen MR) is 103 cm³/mol. The van der Waals surface area contributed by atoms with Crippen molar-refractivity contribution in [1.82, 2.24) is 14.9 Å². The zero-order valence-electron chi connectivity index (χ0n) is 15.0. The summed E-state index contributed by atoms with van der Waals surface area (Å²) >= 11 is 5.50. The topological polar surface area (TPSA) is 55.2 Å². The van der Waals surface area contributed by atoms with E-state index in [1.165, 1.54) is 38.5 Å². The van der Waals surface area contributed by atoms with Gasteiger partial charge in [-0.05, 0) is 80.6 Å². The number of hydrogen-bond acceptors (Lipinski definition) is 4. The van der Waals surface area contributed by atoms with Crippen LogP contribution < -0.4 is 4.74 Å². The maximum Gasteiger partial charge on any atom is 0.216 e. The van der Waals surface area contributed by atoms with Crippen molar-refractivity contribution in [3.8, 4) is 5.75 Å². The summed E-state index contributed by atoms with van der Waals surface area (Å²) in [4.78, 5) is 0. The van der Waals surface area contributed by atoms with Crippen LogP contribution in [0.1, 0.15) is 49.9 Å². The summed E-state index contributed by atoms with van der Waals surface area (Å²) in [5, 5.41) is 12.4. The Morgan fingerprint density at radius 1 is 1.19 bits per heavy atom. The van der Waals surface area contributed by atoms with E-state index in [0.717, 1.165) is 34.9 Å². The van der Waals surface area contributed by atoms with Crippen LogP contribution in [0.2, 0.25) is 0 Å². The monoisotopic (exact) mass is 368 g/mol. The van der Waals surface area contributed by atoms with Gasteiger partial charge in [0.1, 0.15) is 5.75 Å². The molecule has 6 heteroatoms. The molecule has 0 saturated heterocycles. The maximum absolute atomic E-state index is 5.50. The van der Waals surface area contributed by atoms with E-state index in [-0.39, 0.29) is 5.41 Å². The smallest absolute Gasteiger partial charge is 0.216 e. The summed E-state index contributed by atoms with van der Waals surface area (Å²) in [5.74, 6) is 4.42. The van der Waals surface area contributed by atoms with Crippen LogP contribution in [0.3, 0.4) is 0 Å². The highest BCUT2D eigenvalue weighted by Crippen LogP contribution is 2.60. The van der Waals surface area contributed by atoms with E-state index >= 15 is 0 Å². The molecule has 1 heterocycles. The molecule has 4 aliphatic rings. The van der Waals surface area contributed by atoms with Gasteiger partial charge < -0.3 is 4.74 Å². The third-order valence-electron chi connectivity index (χ3n) is 6.61. The van der Waals surface area contributed by atoms with Gasteiger partial charge in [0.2, 0.25) is 4.77 Å². The minimum atomic E-state index is 0.153. The van der Waals surface area contributed by atoms with E-state index in [2.05, 4.69) is 10.2 Å². The molecule has 4 saturated carbocycles. The van der Waals surface area contributed by atoms with Crippen molar-refractivity contribution in [3.63, 3.8) is 0 Å². The maximum atomic E-state index is 5.50. The predicted octanol–water partition coefficient (Wildman–Crippen LogP) is 4.30. The van der Waals surface area contributed by atoms with Crippen LogP contribution in [-0.2, 0) is 5.41 Å². The summed E-state index contributed by atoms with van der Waals surface area (Å²) in [6, 6.07) is 7.88. The van der Waals surface area contributed by atoms with Crippen LogP contribution in [0.4, 0.5) is 0 Å². The molecule has 0 radical (unpaired) electrons. The normalized spacial score (nSPS) is 32.4. The molecule has 4 bridgehead atoms. The fourth-order valence-corrected chi connectivity index (χ4v) is 6.20. The SMILES string of the molecule is COc1ccccc1/C=N/n1c(C23CC4CC(CC(C4)C2)C3)n[nH]c1=S. The van der Waals surface area contributed by atoms with Crippen molar-refractivity contribution >= 4 is 18.4 Å². The third kappa shape index (κ3) is 2.54. The van der Waals surface area contributed by atoms with Crippen LogP contribution in [0, 0.1) is 22.5 Å². The fraction of sp³-hybridized carbons (Fsp3) is 0.550. The molecule has 0 amide bonds. The number of H-pyrrole nitrogens is 1. The Balaban J connectivity index is 1.53. The molecular formula is C20H24N4OS. The molecule has 4 aliphatic carbocycles. The lowest BCUT2D eigenvalue weighted by atomic mass is 9.49. The van der Waals surface area contributed by atoms with Crippen molar-refractivity contribution in [2.75, 3.05) is 7.11 Å². The molecule has 0 unspecified atom stereocenters. The highest BCUT2D eigenvalue weighted by Gasteiger charge is 2.53. The Hall–Kier alpha value is -1.95. The molecule has 0 spiro atoms. The van der Waals surface area contributed by atoms with Gasteiger partial charge in [-0.1, -0.05) is 12.1 Å². The minimum absolute atomic E-state index is 0.153. The summed E-state index contributed by atoms with van der Waals surface area (Å²) in [7, 11) is 1.68. The quantitative estimate of drug-likeness (QED) is 0.647. The summed E-state index contributed by atoms with van der Waals surface area (Å²) in [6.07, 6.45) is 9.78. The van der Waals surface area contributed by atoms with Gasteiger partial charge in [-0.3, -0.25) is 5.10 Å². The highest BCUT2D eigenvalue weighted by atomic mass is 32.1. The molecule has 136 valence electrons. The first-order chi connectivity index (χ1) is 12.7. The molecule has 5 nitrogen and oxygen atoms in total. The lowest BCUT2D eigenvalue weighted by molar-refractivity contribution is -0.0109. The lowest BCUT2D eigenvalue weighted by Gasteiger charge is -2.55. The number of nitrogens with one attached hydrogen (secondary N) is 1. The Kier molecular flexibility index (Phi) is 3.78. The van der Waals surface area contributed by atoms with E-state index in [0.29, 0.717) is 4.77 Å². The van der Waals surface area contributed by atoms with Gasteiger partial charge in [-0.15, -0.1) is 0 Å². The van der Waals surface area contributed by atoms with Crippen LogP contribution in [-0.4, -0.2) is 28.2 Å². The molecular weight excluding hydrogens is 344 g/mol. The van der Waals surface area contributed by atoms with Crippen molar-refractivity contribution in [1.29, 1.82) is 0 Å². The molecule has 0 atom stereocenters. The molecule has 4 fully saturated rings. The molecule has 1 N–H and O–H groups in total. The van der Waals surface area contributed by atoms with E-state index < -0.39 is 0 Å². The fourth-order valence-electron chi connectivity index (χ4n) is 6.02. The second-order valence-electron chi connectivity index (χ2n) is 8.35. The Morgan fingerprint density at radius 3 is 2.50 bits per heavy atom. The van der Waals surface area contributed by atoms with Gasteiger partial charge in [0.15, 0.2) is 5.82 Å². The van der Waals surface area contributed by atoms with Crippen LogP contribution in [0.25, 0.3) is 0 Å². The first-order valence-electron chi connectivity index (χ1n) is 9.52. The first-order valence-corrected chi connectivity index (χ1v) is 9.93. The number of para-hydroxylation sites is 1. The number of nitrogens with zero attached hydrogens (tertiary/aromatic N) is 3. The molecule has 26 heavy (non-hydrogen) atoms. The number of methoxy groups -OCH3 is 1. The van der Waals surface area contributed by atoms with Crippen molar-refractivity contribution < 1.29 is 4.74 Å². The molecule has 6 rings (SSSR count). The number of hydrogen-bond donors (Lipinski definition) is 1. The number of aromatic amines is 1. The van der Waals surface area contributed by atoms with E-state index in [1.54, 1.807) is 7.11 Å². The standard InChI is InChI=1S/C20H24N4OS/c1-25-17-5-3-2-4-16(17)12-21-24-18(22-23-19(24)26)20-9-13-6-14(10-20)8-15(7-13)11-20/h2-5,12-15H,6-11H2,1H3,(H,23,26)/b21-12+. The van der Waals surface area contributed by atoms with Gasteiger partial charge in [0.25, 0.3) is 0 Å². The summed E-state index contributed by atoms with van der Waals surface area (Å²) in [6.45, 7) is 0. The second-order valence-corrected chi connectivity index (χ2v) is 8.74. The summed E-state index contributed by atoms with van der Waals surface area (Å²) in [5.41, 5.74) is 1.09. The summed E-state index contributed by atoms with van der Waals surface area (Å²) < 4.78 is 7.85. The van der Waals surface area contributed by atoms with Crippen molar-refractivity contribution in [2.45, 2.75) is 43.9 Å². The van der Waals surface area contributed by atoms with Crippen molar-refractivity contribution in [2.24, 2.45) is 22.9 Å². The van der Waals surface area contributed by atoms with Crippen LogP contribution in [0.15, 0.2) is 29.4 Å². The molecule has 1 aromatic carbocycles. The van der Waals surface area contributed by atoms with Gasteiger partial charge >= 0.3 is 0 Å². The number of benzene rings is 1. The van der Waals surface area contributed by atoms with E-state index in [9.17, 15) is 0 Å². The zero-order chi connectivity index (χ0) is 17.7. The average molecular weight is 369 g/mol. The van der Waals surface area contributed by atoms with Gasteiger partial charge in [0, 0.05) is 11.0 Å². The first kappa shape index (κ1) is 16.2. The molecule has 2 aromatic rings. The molecule has 0 aliphatic heterocycles. The van der Waals surface area contributed by atoms with Crippen molar-refractivity contribution in [3.05, 3.63) is 40.4 Å². The Bertz CT molecular complexity index is 877. The van der Waals surface area contributed by atoms with E-state index in [4.69, 9.17) is 22.1 Å². The Morgan fingerprint density at radius 2 is 1.85 bits per heavy atom. The van der Waals surface area contributed by atoms with Gasteiger partial charge in [-0.2, -0.15) is 14.9 Å². The zero-order valence-corrected chi connectivity index (χ0v) is 15.8. The number of rotatable bonds is 4. The number of ether oxygens (including phenoxy) is 1. The minimum Gasteiger partial charge on any atom is -0.496 e. The Labute approximate surface area is 158 Å². The van der Waals surface area contributed by atoms with Gasteiger partial charge in [0.05, 0.1) is 13.3 Å². The van der Waals surface area contributed by atoms with E-state index in [1.807, 2.05) is 35.2 Å². The molecule has 1 aromatic heterocycles.